The largest absolute Gasteiger partial charge is 0.854 e. The van der Waals surface area contributed by atoms with Gasteiger partial charge in [-0.2, -0.15) is 0 Å². The van der Waals surface area contributed by atoms with Crippen LogP contribution in [0.4, 0.5) is 5.69 Å². The first-order valence-electron chi connectivity index (χ1n) is 8.26. The number of furan rings is 1. The summed E-state index contributed by atoms with van der Waals surface area (Å²) in [6, 6.07) is 10.9. The zero-order chi connectivity index (χ0) is 19.1. The predicted molar refractivity (Wildman–Crippen MR) is 106 cm³/mol. The molecular formula is C18H15IN4O3S. The van der Waals surface area contributed by atoms with Gasteiger partial charge in [0.2, 0.25) is 5.91 Å². The number of carbonyl (C=O) groups is 1. The summed E-state index contributed by atoms with van der Waals surface area (Å²) in [5, 5.41) is 17.7. The molecule has 3 heterocycles. The summed E-state index contributed by atoms with van der Waals surface area (Å²) >= 11 is 3.35. The molecule has 1 aliphatic heterocycles. The number of rotatable bonds is 3. The number of carbonyl (C=O) groups excluding carboxylic acids is 1. The van der Waals surface area contributed by atoms with E-state index in [9.17, 15) is 9.90 Å². The summed E-state index contributed by atoms with van der Waals surface area (Å²) in [5.41, 5.74) is 1.63. The van der Waals surface area contributed by atoms with Gasteiger partial charge in [-0.3, -0.25) is 4.79 Å². The number of aromatic nitrogens is 3. The smallest absolute Gasteiger partial charge is 0.325 e. The Hall–Kier alpha value is -2.14. The average Bonchev–Trinajstić information content (AvgIpc) is 3.11. The molecule has 1 aliphatic rings. The van der Waals surface area contributed by atoms with E-state index >= 15 is 0 Å². The van der Waals surface area contributed by atoms with Gasteiger partial charge >= 0.3 is 6.17 Å². The summed E-state index contributed by atoms with van der Waals surface area (Å²) in [4.78, 5) is 18.6. The highest BCUT2D eigenvalue weighted by molar-refractivity contribution is 14.1. The third kappa shape index (κ3) is 2.98. The number of anilines is 1. The molecule has 1 aromatic carbocycles. The van der Waals surface area contributed by atoms with Crippen molar-refractivity contribution >= 4 is 45.9 Å². The molecule has 138 valence electrons. The lowest BCUT2D eigenvalue weighted by Crippen LogP contribution is -2.59. The second-order valence-electron chi connectivity index (χ2n) is 5.85. The summed E-state index contributed by atoms with van der Waals surface area (Å²) in [7, 11) is 0. The average molecular weight is 494 g/mol. The molecule has 4 rings (SSSR count). The fourth-order valence-electron chi connectivity index (χ4n) is 3.19. The second kappa shape index (κ2) is 7.12. The first-order chi connectivity index (χ1) is 13.0. The van der Waals surface area contributed by atoms with Crippen LogP contribution in [0.25, 0.3) is 11.3 Å². The van der Waals surface area contributed by atoms with E-state index in [4.69, 9.17) is 4.42 Å². The highest BCUT2D eigenvalue weighted by Gasteiger charge is 2.46. The number of amides is 1. The maximum absolute atomic E-state index is 12.9. The number of nitrogens with zero attached hydrogens (tertiary/aromatic N) is 4. The number of hydrogen-bond acceptors (Lipinski definition) is 6. The first-order valence-corrected chi connectivity index (χ1v) is 10.6. The van der Waals surface area contributed by atoms with Crippen molar-refractivity contribution < 1.29 is 19.0 Å². The highest BCUT2D eigenvalue weighted by atomic mass is 127. The Balaban J connectivity index is 2.07. The monoisotopic (exact) mass is 494 g/mol. The molecule has 1 amide bonds. The van der Waals surface area contributed by atoms with Gasteiger partial charge in [0.15, 0.2) is 9.53 Å². The van der Waals surface area contributed by atoms with Crippen molar-refractivity contribution in [2.24, 2.45) is 0 Å². The van der Waals surface area contributed by atoms with E-state index in [0.29, 0.717) is 38.0 Å². The minimum Gasteiger partial charge on any atom is -0.854 e. The second-order valence-corrected chi connectivity index (χ2v) is 7.68. The maximum Gasteiger partial charge on any atom is 0.325 e. The minimum absolute atomic E-state index is 0.0891. The van der Waals surface area contributed by atoms with Gasteiger partial charge in [0.1, 0.15) is 0 Å². The van der Waals surface area contributed by atoms with E-state index in [2.05, 4.69) is 32.7 Å². The fourth-order valence-corrected chi connectivity index (χ4v) is 3.96. The molecule has 3 aromatic rings. The third-order valence-corrected chi connectivity index (χ3v) is 5.44. The van der Waals surface area contributed by atoms with Crippen LogP contribution in [0.3, 0.4) is 0 Å². The molecule has 27 heavy (non-hydrogen) atoms. The number of halogens is 1. The molecule has 0 N–H and O–H groups in total. The lowest BCUT2D eigenvalue weighted by atomic mass is 10.0. The SMILES string of the molecule is CCC(=O)N1c2ccccc2-c2c([O-])nc(SC)n[n+]2C1c1ccc(I)o1. The van der Waals surface area contributed by atoms with E-state index in [1.807, 2.05) is 30.3 Å². The van der Waals surface area contributed by atoms with Crippen LogP contribution in [0.2, 0.25) is 0 Å². The number of thioether (sulfide) groups is 1. The van der Waals surface area contributed by atoms with Gasteiger partial charge in [-0.05, 0) is 57.8 Å². The molecule has 0 spiro atoms. The zero-order valence-electron chi connectivity index (χ0n) is 14.5. The van der Waals surface area contributed by atoms with E-state index in [-0.39, 0.29) is 11.8 Å². The summed E-state index contributed by atoms with van der Waals surface area (Å²) in [5.74, 6) is 0.0672. The quantitative estimate of drug-likeness (QED) is 0.316. The van der Waals surface area contributed by atoms with Crippen LogP contribution >= 0.6 is 34.4 Å². The van der Waals surface area contributed by atoms with Gasteiger partial charge < -0.3 is 9.52 Å². The van der Waals surface area contributed by atoms with Crippen LogP contribution in [-0.2, 0) is 4.79 Å². The van der Waals surface area contributed by atoms with Crippen molar-refractivity contribution in [2.75, 3.05) is 11.2 Å². The van der Waals surface area contributed by atoms with Gasteiger partial charge in [0, 0.05) is 11.5 Å². The molecule has 0 aliphatic carbocycles. The van der Waals surface area contributed by atoms with Gasteiger partial charge in [0.05, 0.1) is 17.1 Å². The van der Waals surface area contributed by atoms with Crippen molar-refractivity contribution in [3.05, 3.63) is 45.9 Å². The van der Waals surface area contributed by atoms with Gasteiger partial charge in [-0.1, -0.05) is 30.8 Å². The summed E-state index contributed by atoms with van der Waals surface area (Å²) in [6.45, 7) is 1.81. The molecule has 7 nitrogen and oxygen atoms in total. The van der Waals surface area contributed by atoms with Crippen LogP contribution in [0.1, 0.15) is 25.3 Å². The molecule has 0 bridgehead atoms. The molecule has 0 radical (unpaired) electrons. The summed E-state index contributed by atoms with van der Waals surface area (Å²) < 4.78 is 8.09. The normalized spacial score (nSPS) is 15.4. The van der Waals surface area contributed by atoms with Crippen molar-refractivity contribution in [3.63, 3.8) is 0 Å². The maximum atomic E-state index is 12.9. The van der Waals surface area contributed by atoms with Gasteiger partial charge in [0.25, 0.3) is 10.9 Å². The fraction of sp³-hybridized carbons (Fsp3) is 0.222. The topological polar surface area (TPSA) is 86.2 Å². The van der Waals surface area contributed by atoms with Crippen LogP contribution in [0, 0.1) is 3.77 Å². The Morgan fingerprint density at radius 2 is 2.15 bits per heavy atom. The molecule has 0 saturated heterocycles. The zero-order valence-corrected chi connectivity index (χ0v) is 17.5. The van der Waals surface area contributed by atoms with Crippen molar-refractivity contribution in [2.45, 2.75) is 24.7 Å². The minimum atomic E-state index is -0.688. The van der Waals surface area contributed by atoms with Crippen molar-refractivity contribution in [1.29, 1.82) is 0 Å². The number of fused-ring (bicyclic) bond motifs is 3. The molecular weight excluding hydrogens is 479 g/mol. The highest BCUT2D eigenvalue weighted by Crippen LogP contribution is 2.41. The number of hydrogen-bond donors (Lipinski definition) is 0. The van der Waals surface area contributed by atoms with Gasteiger partial charge in [-0.15, -0.1) is 0 Å². The Kier molecular flexibility index (Phi) is 4.81. The Morgan fingerprint density at radius 1 is 1.37 bits per heavy atom. The van der Waals surface area contributed by atoms with E-state index in [1.54, 1.807) is 28.8 Å². The number of benzene rings is 1. The Bertz CT molecular complexity index is 1040. The summed E-state index contributed by atoms with van der Waals surface area (Å²) in [6.07, 6.45) is 1.43. The molecule has 9 heteroatoms. The Morgan fingerprint density at radius 3 is 2.81 bits per heavy atom. The standard InChI is InChI=1S/C18H15IN4O3S/c1-3-14(24)22-11-7-5-4-6-10(11)15-16(25)20-18(27-2)21-23(15)17(22)12-8-9-13(19)26-12/h4-9,17H,3H2,1-2H3. The Labute approximate surface area is 173 Å². The molecule has 0 fully saturated rings. The first kappa shape index (κ1) is 18.2. The van der Waals surface area contributed by atoms with Gasteiger partial charge in [-0.25, -0.2) is 9.88 Å². The van der Waals surface area contributed by atoms with Crippen LogP contribution in [-0.4, -0.2) is 22.2 Å². The lowest BCUT2D eigenvalue weighted by Gasteiger charge is -2.32. The van der Waals surface area contributed by atoms with E-state index < -0.39 is 6.17 Å². The molecule has 1 atom stereocenters. The van der Waals surface area contributed by atoms with E-state index in [1.165, 1.54) is 11.8 Å². The molecule has 0 saturated carbocycles. The third-order valence-electron chi connectivity index (χ3n) is 4.32. The predicted octanol–water partition coefficient (Wildman–Crippen LogP) is 2.73. The van der Waals surface area contributed by atoms with Crippen molar-refractivity contribution in [3.8, 4) is 17.1 Å². The van der Waals surface area contributed by atoms with Crippen LogP contribution < -0.4 is 14.7 Å². The molecule has 1 unspecified atom stereocenters. The van der Waals surface area contributed by atoms with Crippen LogP contribution in [0.5, 0.6) is 5.88 Å². The van der Waals surface area contributed by atoms with E-state index in [0.717, 1.165) is 0 Å². The number of para-hydroxylation sites is 1. The van der Waals surface area contributed by atoms with Crippen molar-refractivity contribution in [1.82, 2.24) is 10.1 Å². The molecule has 2 aromatic heterocycles. The van der Waals surface area contributed by atoms with Crippen LogP contribution in [0.15, 0.2) is 46.0 Å². The lowest BCUT2D eigenvalue weighted by molar-refractivity contribution is -0.765.